The first-order chi connectivity index (χ1) is 18.0. The van der Waals surface area contributed by atoms with Crippen molar-refractivity contribution in [2.75, 3.05) is 19.6 Å². The van der Waals surface area contributed by atoms with E-state index in [-0.39, 0.29) is 6.04 Å². The SMILES string of the molecule is CCn1nc(Cc2ccc(C)cc2)cc1C1CCN(C[C@@H]2CCC(NC(CC3CCC3)C(=O)O)C2)CC1. The molecule has 2 aromatic rings. The number of hydrogen-bond donors (Lipinski definition) is 2. The smallest absolute Gasteiger partial charge is 0.320 e. The molecular weight excluding hydrogens is 460 g/mol. The molecule has 3 fully saturated rings. The average Bonchev–Trinajstić information content (AvgIpc) is 3.48. The second kappa shape index (κ2) is 12.1. The number of rotatable bonds is 11. The minimum absolute atomic E-state index is 0.357. The van der Waals surface area contributed by atoms with Crippen LogP contribution in [-0.2, 0) is 17.8 Å². The Morgan fingerprint density at radius 1 is 1.08 bits per heavy atom. The van der Waals surface area contributed by atoms with Gasteiger partial charge in [-0.1, -0.05) is 49.1 Å². The molecule has 202 valence electrons. The second-order valence-corrected chi connectivity index (χ2v) is 12.1. The third-order valence-corrected chi connectivity index (χ3v) is 9.26. The van der Waals surface area contributed by atoms with E-state index in [2.05, 4.69) is 59.1 Å². The molecule has 1 saturated heterocycles. The van der Waals surface area contributed by atoms with Crippen molar-refractivity contribution in [3.63, 3.8) is 0 Å². The summed E-state index contributed by atoms with van der Waals surface area (Å²) in [6, 6.07) is 11.2. The van der Waals surface area contributed by atoms with Gasteiger partial charge in [-0.05, 0) is 88.9 Å². The van der Waals surface area contributed by atoms with Crippen molar-refractivity contribution in [1.29, 1.82) is 0 Å². The summed E-state index contributed by atoms with van der Waals surface area (Å²) in [4.78, 5) is 14.4. The van der Waals surface area contributed by atoms with Gasteiger partial charge in [0.15, 0.2) is 0 Å². The lowest BCUT2D eigenvalue weighted by atomic mass is 9.80. The van der Waals surface area contributed by atoms with Crippen molar-refractivity contribution in [2.24, 2.45) is 11.8 Å². The number of nitrogens with one attached hydrogen (secondary N) is 1. The maximum absolute atomic E-state index is 11.8. The van der Waals surface area contributed by atoms with Crippen LogP contribution in [0.2, 0.25) is 0 Å². The Hall–Kier alpha value is -2.18. The largest absolute Gasteiger partial charge is 0.480 e. The first-order valence-corrected chi connectivity index (χ1v) is 14.8. The molecule has 2 aliphatic carbocycles. The molecule has 3 aliphatic rings. The van der Waals surface area contributed by atoms with Gasteiger partial charge in [0.2, 0.25) is 0 Å². The van der Waals surface area contributed by atoms with Crippen LogP contribution in [0.15, 0.2) is 30.3 Å². The third kappa shape index (κ3) is 6.83. The fraction of sp³-hybridized carbons (Fsp3) is 0.677. The van der Waals surface area contributed by atoms with Crippen molar-refractivity contribution in [3.05, 3.63) is 52.8 Å². The molecule has 1 aromatic heterocycles. The van der Waals surface area contributed by atoms with Gasteiger partial charge in [0.25, 0.3) is 0 Å². The summed E-state index contributed by atoms with van der Waals surface area (Å²) in [5.74, 6) is 1.24. The quantitative estimate of drug-likeness (QED) is 0.428. The zero-order chi connectivity index (χ0) is 25.8. The van der Waals surface area contributed by atoms with Gasteiger partial charge in [-0.25, -0.2) is 0 Å². The van der Waals surface area contributed by atoms with E-state index >= 15 is 0 Å². The summed E-state index contributed by atoms with van der Waals surface area (Å²) < 4.78 is 2.24. The van der Waals surface area contributed by atoms with Crippen LogP contribution in [0.25, 0.3) is 0 Å². The maximum atomic E-state index is 11.8. The molecule has 37 heavy (non-hydrogen) atoms. The van der Waals surface area contributed by atoms with E-state index < -0.39 is 5.97 Å². The van der Waals surface area contributed by atoms with Crippen molar-refractivity contribution in [1.82, 2.24) is 20.0 Å². The number of benzene rings is 1. The van der Waals surface area contributed by atoms with Crippen LogP contribution in [0.5, 0.6) is 0 Å². The predicted molar refractivity (Wildman–Crippen MR) is 148 cm³/mol. The molecule has 0 spiro atoms. The molecule has 0 radical (unpaired) electrons. The molecule has 2 heterocycles. The fourth-order valence-electron chi connectivity index (χ4n) is 6.83. The average molecular weight is 507 g/mol. The monoisotopic (exact) mass is 506 g/mol. The van der Waals surface area contributed by atoms with E-state index in [1.807, 2.05) is 0 Å². The first kappa shape index (κ1) is 26.4. The number of nitrogens with zero attached hydrogens (tertiary/aromatic N) is 3. The van der Waals surface area contributed by atoms with Crippen molar-refractivity contribution >= 4 is 5.97 Å². The molecule has 1 aliphatic heterocycles. The highest BCUT2D eigenvalue weighted by Gasteiger charge is 2.33. The summed E-state index contributed by atoms with van der Waals surface area (Å²) in [5, 5.41) is 18.2. The lowest BCUT2D eigenvalue weighted by molar-refractivity contribution is -0.140. The van der Waals surface area contributed by atoms with Gasteiger partial charge in [0, 0.05) is 37.2 Å². The Morgan fingerprint density at radius 2 is 1.84 bits per heavy atom. The number of piperidine rings is 1. The highest BCUT2D eigenvalue weighted by atomic mass is 16.4. The first-order valence-electron chi connectivity index (χ1n) is 14.8. The number of aliphatic carboxylic acids is 1. The maximum Gasteiger partial charge on any atom is 0.320 e. The van der Waals surface area contributed by atoms with Gasteiger partial charge in [0.1, 0.15) is 6.04 Å². The lowest BCUT2D eigenvalue weighted by Crippen LogP contribution is -2.44. The molecule has 6 nitrogen and oxygen atoms in total. The van der Waals surface area contributed by atoms with Gasteiger partial charge >= 0.3 is 5.97 Å². The third-order valence-electron chi connectivity index (χ3n) is 9.26. The summed E-state index contributed by atoms with van der Waals surface area (Å²) in [7, 11) is 0. The Labute approximate surface area is 222 Å². The number of carbonyl (C=O) groups is 1. The van der Waals surface area contributed by atoms with Gasteiger partial charge in [-0.15, -0.1) is 0 Å². The highest BCUT2D eigenvalue weighted by Crippen LogP contribution is 2.34. The van der Waals surface area contributed by atoms with E-state index in [4.69, 9.17) is 5.10 Å². The van der Waals surface area contributed by atoms with E-state index in [0.29, 0.717) is 23.8 Å². The Kier molecular flexibility index (Phi) is 8.66. The number of carboxylic acids is 1. The zero-order valence-electron chi connectivity index (χ0n) is 22.9. The van der Waals surface area contributed by atoms with Crippen molar-refractivity contribution in [2.45, 2.75) is 103 Å². The molecule has 1 aromatic carbocycles. The van der Waals surface area contributed by atoms with Crippen LogP contribution in [0.4, 0.5) is 0 Å². The van der Waals surface area contributed by atoms with Crippen LogP contribution in [-0.4, -0.2) is 57.5 Å². The number of carboxylic acid groups (broad SMARTS) is 1. The molecule has 0 bridgehead atoms. The normalized spacial score (nSPS) is 24.3. The molecule has 2 N–H and O–H groups in total. The van der Waals surface area contributed by atoms with Crippen LogP contribution >= 0.6 is 0 Å². The number of aryl methyl sites for hydroxylation is 2. The van der Waals surface area contributed by atoms with Gasteiger partial charge < -0.3 is 15.3 Å². The van der Waals surface area contributed by atoms with Crippen molar-refractivity contribution in [3.8, 4) is 0 Å². The molecule has 3 atom stereocenters. The summed E-state index contributed by atoms with van der Waals surface area (Å²) >= 11 is 0. The standard InChI is InChI=1S/C31H46N4O2/c1-3-35-30(20-28(33-35)17-24-9-7-22(2)8-10-24)26-13-15-34(16-14-26)21-25-11-12-27(18-25)32-29(31(36)37)19-23-5-4-6-23/h7-10,20,23,25-27,29,32H,3-6,11-19,21H2,1-2H3,(H,36,37)/t25-,27?,29?/m1/s1. The van der Waals surface area contributed by atoms with Crippen LogP contribution in [0.1, 0.15) is 93.1 Å². The zero-order valence-corrected chi connectivity index (χ0v) is 22.9. The van der Waals surface area contributed by atoms with Gasteiger partial charge in [-0.2, -0.15) is 5.10 Å². The van der Waals surface area contributed by atoms with E-state index in [9.17, 15) is 9.90 Å². The highest BCUT2D eigenvalue weighted by molar-refractivity contribution is 5.73. The Morgan fingerprint density at radius 3 is 2.49 bits per heavy atom. The van der Waals surface area contributed by atoms with Crippen molar-refractivity contribution < 1.29 is 9.90 Å². The minimum atomic E-state index is -0.661. The van der Waals surface area contributed by atoms with Gasteiger partial charge in [-0.3, -0.25) is 9.48 Å². The molecule has 0 amide bonds. The topological polar surface area (TPSA) is 70.4 Å². The van der Waals surface area contributed by atoms with Crippen LogP contribution in [0, 0.1) is 18.8 Å². The van der Waals surface area contributed by atoms with E-state index in [0.717, 1.165) is 51.9 Å². The number of hydrogen-bond acceptors (Lipinski definition) is 4. The van der Waals surface area contributed by atoms with E-state index in [1.54, 1.807) is 0 Å². The van der Waals surface area contributed by atoms with E-state index in [1.165, 1.54) is 61.0 Å². The van der Waals surface area contributed by atoms with Gasteiger partial charge in [0.05, 0.1) is 5.69 Å². The van der Waals surface area contributed by atoms with Crippen LogP contribution < -0.4 is 5.32 Å². The lowest BCUT2D eigenvalue weighted by Gasteiger charge is -2.34. The Balaban J connectivity index is 1.09. The van der Waals surface area contributed by atoms with Crippen LogP contribution in [0.3, 0.4) is 0 Å². The summed E-state index contributed by atoms with van der Waals surface area (Å²) in [5.41, 5.74) is 5.23. The summed E-state index contributed by atoms with van der Waals surface area (Å²) in [6.07, 6.45) is 11.3. The predicted octanol–water partition coefficient (Wildman–Crippen LogP) is 5.38. The second-order valence-electron chi connectivity index (χ2n) is 12.1. The number of aromatic nitrogens is 2. The Bertz CT molecular complexity index is 1020. The summed E-state index contributed by atoms with van der Waals surface area (Å²) in [6.45, 7) is 8.73. The number of likely N-dealkylation sites (tertiary alicyclic amines) is 1. The molecule has 5 rings (SSSR count). The fourth-order valence-corrected chi connectivity index (χ4v) is 6.83. The molecular formula is C31H46N4O2. The molecule has 2 saturated carbocycles. The molecule has 6 heteroatoms. The molecule has 2 unspecified atom stereocenters. The minimum Gasteiger partial charge on any atom is -0.480 e.